The third-order valence-electron chi connectivity index (χ3n) is 5.45. The summed E-state index contributed by atoms with van der Waals surface area (Å²) in [5, 5.41) is 3.95. The minimum absolute atomic E-state index is 0.149. The van der Waals surface area contributed by atoms with E-state index in [2.05, 4.69) is 10.3 Å². The average Bonchev–Trinajstić information content (AvgIpc) is 3.35. The largest absolute Gasteiger partial charge is 0.326 e. The molecule has 2 atom stereocenters. The number of nitrogens with one attached hydrogen (secondary N) is 1. The summed E-state index contributed by atoms with van der Waals surface area (Å²) in [7, 11) is 0. The maximum atomic E-state index is 12.9. The Morgan fingerprint density at radius 2 is 1.70 bits per heavy atom. The lowest BCUT2D eigenvalue weighted by Crippen LogP contribution is -2.17. The minimum atomic E-state index is -1.30. The number of ketones is 1. The van der Waals surface area contributed by atoms with E-state index in [9.17, 15) is 9.59 Å². The molecule has 3 aromatic rings. The van der Waals surface area contributed by atoms with Crippen LogP contribution < -0.4 is 5.32 Å². The summed E-state index contributed by atoms with van der Waals surface area (Å²) in [6.07, 6.45) is 2.40. The van der Waals surface area contributed by atoms with Gasteiger partial charge in [-0.05, 0) is 60.5 Å². The first-order valence-electron chi connectivity index (χ1n) is 10.0. The first-order chi connectivity index (χ1) is 15.7. The summed E-state index contributed by atoms with van der Waals surface area (Å²) >= 11 is 31.2. The molecule has 1 amide bonds. The van der Waals surface area contributed by atoms with Crippen molar-refractivity contribution in [3.63, 3.8) is 0 Å². The Labute approximate surface area is 216 Å². The van der Waals surface area contributed by atoms with Crippen LogP contribution in [0.25, 0.3) is 0 Å². The molecule has 1 N–H and O–H groups in total. The van der Waals surface area contributed by atoms with Crippen molar-refractivity contribution in [2.75, 3.05) is 5.32 Å². The molecule has 1 aliphatic carbocycles. The second-order valence-electron chi connectivity index (χ2n) is 7.76. The lowest BCUT2D eigenvalue weighted by molar-refractivity contribution is -0.117. The number of hydrogen-bond acceptors (Lipinski definition) is 3. The van der Waals surface area contributed by atoms with E-state index in [0.29, 0.717) is 38.3 Å². The molecule has 1 fully saturated rings. The minimum Gasteiger partial charge on any atom is -0.326 e. The number of carbonyl (C=O) groups excluding carboxylic acids is 2. The van der Waals surface area contributed by atoms with Crippen LogP contribution in [0.15, 0.2) is 60.8 Å². The summed E-state index contributed by atoms with van der Waals surface area (Å²) < 4.78 is -1.30. The van der Waals surface area contributed by atoms with Crippen LogP contribution in [0.2, 0.25) is 15.1 Å². The third kappa shape index (κ3) is 5.47. The molecule has 2 unspecified atom stereocenters. The Hall–Kier alpha value is -1.82. The average molecular weight is 543 g/mol. The van der Waals surface area contributed by atoms with Gasteiger partial charge in [0.25, 0.3) is 0 Å². The van der Waals surface area contributed by atoms with Crippen LogP contribution in [-0.2, 0) is 11.2 Å². The number of benzene rings is 2. The second kappa shape index (κ2) is 9.81. The molecule has 0 spiro atoms. The lowest BCUT2D eigenvalue weighted by atomic mass is 10.0. The molecule has 0 aliphatic heterocycles. The standard InChI is InChI=1S/C24H17Cl5N2O2/c25-14-9-13(10-15(26)11-14)21-22(24(21,28)29)23(33)31-17-4-6-19(27)18(12-17)20(32)7-5-16-3-1-2-8-30-16/h1-4,6,8-12,21-22H,5,7H2,(H,31,33). The Balaban J connectivity index is 1.46. The van der Waals surface area contributed by atoms with Gasteiger partial charge in [-0.25, -0.2) is 0 Å². The van der Waals surface area contributed by atoms with Crippen molar-refractivity contribution >= 4 is 75.4 Å². The molecule has 170 valence electrons. The Kier molecular flexibility index (Phi) is 7.23. The number of pyridine rings is 1. The lowest BCUT2D eigenvalue weighted by Gasteiger charge is -2.09. The van der Waals surface area contributed by atoms with Crippen molar-refractivity contribution in [2.45, 2.75) is 23.1 Å². The van der Waals surface area contributed by atoms with Gasteiger partial charge in [0.05, 0.1) is 10.9 Å². The number of aryl methyl sites for hydroxylation is 1. The first-order valence-corrected chi connectivity index (χ1v) is 11.9. The maximum absolute atomic E-state index is 12.9. The topological polar surface area (TPSA) is 59.1 Å². The predicted molar refractivity (Wildman–Crippen MR) is 134 cm³/mol. The maximum Gasteiger partial charge on any atom is 0.231 e. The zero-order valence-electron chi connectivity index (χ0n) is 17.0. The quantitative estimate of drug-likeness (QED) is 0.250. The number of Topliss-reactive ketones (excluding diaryl/α,β-unsaturated/α-hetero) is 1. The van der Waals surface area contributed by atoms with Gasteiger partial charge in [-0.1, -0.05) is 40.9 Å². The summed E-state index contributed by atoms with van der Waals surface area (Å²) in [4.78, 5) is 29.9. The van der Waals surface area contributed by atoms with Crippen molar-refractivity contribution in [1.29, 1.82) is 0 Å². The molecule has 0 saturated heterocycles. The molecule has 0 radical (unpaired) electrons. The van der Waals surface area contributed by atoms with E-state index in [1.807, 2.05) is 18.2 Å². The molecule has 33 heavy (non-hydrogen) atoms. The van der Waals surface area contributed by atoms with Crippen LogP contribution in [0.3, 0.4) is 0 Å². The summed E-state index contributed by atoms with van der Waals surface area (Å²) in [6.45, 7) is 0. The van der Waals surface area contributed by atoms with Gasteiger partial charge < -0.3 is 5.32 Å². The number of anilines is 1. The fourth-order valence-electron chi connectivity index (χ4n) is 3.78. The molecule has 1 heterocycles. The molecule has 1 saturated carbocycles. The number of nitrogens with zero attached hydrogens (tertiary/aromatic N) is 1. The van der Waals surface area contributed by atoms with Gasteiger partial charge in [-0.2, -0.15) is 0 Å². The summed E-state index contributed by atoms with van der Waals surface area (Å²) in [5.41, 5.74) is 2.24. The van der Waals surface area contributed by atoms with Gasteiger partial charge in [0.2, 0.25) is 5.91 Å². The Bertz CT molecular complexity index is 1200. The van der Waals surface area contributed by atoms with E-state index in [0.717, 1.165) is 5.69 Å². The SMILES string of the molecule is O=C(CCc1ccccn1)c1cc(NC(=O)C2C(c3cc(Cl)cc(Cl)c3)C2(Cl)Cl)ccc1Cl. The summed E-state index contributed by atoms with van der Waals surface area (Å²) in [6, 6.07) is 15.2. The number of alkyl halides is 2. The molecular formula is C24H17Cl5N2O2. The van der Waals surface area contributed by atoms with Crippen molar-refractivity contribution in [2.24, 2.45) is 5.92 Å². The van der Waals surface area contributed by atoms with Crippen molar-refractivity contribution < 1.29 is 9.59 Å². The summed E-state index contributed by atoms with van der Waals surface area (Å²) in [5.74, 6) is -1.71. The smallest absolute Gasteiger partial charge is 0.231 e. The molecule has 0 bridgehead atoms. The number of rotatable bonds is 7. The Morgan fingerprint density at radius 3 is 2.36 bits per heavy atom. The molecule has 4 rings (SSSR count). The molecule has 4 nitrogen and oxygen atoms in total. The fraction of sp³-hybridized carbons (Fsp3) is 0.208. The van der Waals surface area contributed by atoms with E-state index in [-0.39, 0.29) is 18.1 Å². The van der Waals surface area contributed by atoms with Crippen LogP contribution in [0.4, 0.5) is 5.69 Å². The van der Waals surface area contributed by atoms with Gasteiger partial charge >= 0.3 is 0 Å². The van der Waals surface area contributed by atoms with Crippen molar-refractivity contribution in [1.82, 2.24) is 4.98 Å². The number of halogens is 5. The highest BCUT2D eigenvalue weighted by molar-refractivity contribution is 6.53. The molecule has 1 aromatic heterocycles. The monoisotopic (exact) mass is 540 g/mol. The van der Waals surface area contributed by atoms with E-state index >= 15 is 0 Å². The van der Waals surface area contributed by atoms with Crippen LogP contribution >= 0.6 is 58.0 Å². The van der Waals surface area contributed by atoms with Crippen LogP contribution in [0, 0.1) is 5.92 Å². The first kappa shape index (κ1) is 24.3. The van der Waals surface area contributed by atoms with Gasteiger partial charge in [-0.3, -0.25) is 14.6 Å². The molecule has 2 aromatic carbocycles. The normalized spacial score (nSPS) is 18.6. The van der Waals surface area contributed by atoms with E-state index in [1.54, 1.807) is 42.6 Å². The predicted octanol–water partition coefficient (Wildman–Crippen LogP) is 7.38. The van der Waals surface area contributed by atoms with Crippen molar-refractivity contribution in [3.05, 3.63) is 92.7 Å². The highest BCUT2D eigenvalue weighted by Crippen LogP contribution is 2.65. The number of aromatic nitrogens is 1. The number of carbonyl (C=O) groups is 2. The number of amides is 1. The highest BCUT2D eigenvalue weighted by Gasteiger charge is 2.67. The van der Waals surface area contributed by atoms with Gasteiger partial charge in [0.1, 0.15) is 4.33 Å². The van der Waals surface area contributed by atoms with Gasteiger partial charge in [0, 0.05) is 45.5 Å². The Morgan fingerprint density at radius 1 is 0.970 bits per heavy atom. The highest BCUT2D eigenvalue weighted by atomic mass is 35.5. The number of hydrogen-bond donors (Lipinski definition) is 1. The third-order valence-corrected chi connectivity index (χ3v) is 7.16. The zero-order chi connectivity index (χ0) is 23.8. The molecule has 9 heteroatoms. The van der Waals surface area contributed by atoms with Crippen LogP contribution in [0.1, 0.15) is 34.0 Å². The van der Waals surface area contributed by atoms with E-state index < -0.39 is 16.2 Å². The van der Waals surface area contributed by atoms with Crippen LogP contribution in [0.5, 0.6) is 0 Å². The van der Waals surface area contributed by atoms with Crippen LogP contribution in [-0.4, -0.2) is 21.0 Å². The van der Waals surface area contributed by atoms with Gasteiger partial charge in [-0.15, -0.1) is 23.2 Å². The van der Waals surface area contributed by atoms with E-state index in [4.69, 9.17) is 58.0 Å². The van der Waals surface area contributed by atoms with E-state index in [1.165, 1.54) is 0 Å². The van der Waals surface area contributed by atoms with Crippen molar-refractivity contribution in [3.8, 4) is 0 Å². The second-order valence-corrected chi connectivity index (χ2v) is 10.5. The zero-order valence-corrected chi connectivity index (χ0v) is 20.8. The molecule has 1 aliphatic rings. The molecular weight excluding hydrogens is 526 g/mol. The van der Waals surface area contributed by atoms with Gasteiger partial charge in [0.15, 0.2) is 5.78 Å². The fourth-order valence-corrected chi connectivity index (χ4v) is 5.38.